The summed E-state index contributed by atoms with van der Waals surface area (Å²) < 4.78 is 5.22. The molecule has 19 heavy (non-hydrogen) atoms. The van der Waals surface area contributed by atoms with Crippen molar-refractivity contribution < 1.29 is 4.74 Å². The lowest BCUT2D eigenvalue weighted by atomic mass is 10.1. The maximum atomic E-state index is 6.24. The van der Waals surface area contributed by atoms with E-state index in [0.29, 0.717) is 27.7 Å². The molecule has 1 aromatic carbocycles. The van der Waals surface area contributed by atoms with Crippen LogP contribution in [-0.4, -0.2) is 19.8 Å². The molecule has 0 radical (unpaired) electrons. The number of hydrogen-bond donors (Lipinski definition) is 1. The van der Waals surface area contributed by atoms with Crippen molar-refractivity contribution in [3.8, 4) is 0 Å². The largest absolute Gasteiger partial charge is 0.383 e. The number of nitrogens with one attached hydrogen (secondary N) is 1. The van der Waals surface area contributed by atoms with E-state index in [4.69, 9.17) is 39.5 Å². The van der Waals surface area contributed by atoms with Gasteiger partial charge in [-0.15, -0.1) is 0 Å². The first-order valence-corrected chi connectivity index (χ1v) is 7.53. The monoisotopic (exact) mass is 323 g/mol. The van der Waals surface area contributed by atoms with Crippen LogP contribution in [0.1, 0.15) is 38.3 Å². The summed E-state index contributed by atoms with van der Waals surface area (Å²) in [6, 6.07) is 4.07. The zero-order valence-electron chi connectivity index (χ0n) is 11.5. The zero-order chi connectivity index (χ0) is 14.4. The molecule has 0 spiro atoms. The van der Waals surface area contributed by atoms with Crippen LogP contribution < -0.4 is 5.32 Å². The number of rotatable bonds is 7. The maximum absolute atomic E-state index is 6.24. The highest BCUT2D eigenvalue weighted by Crippen LogP contribution is 2.35. The summed E-state index contributed by atoms with van der Waals surface area (Å²) >= 11 is 18.3. The quantitative estimate of drug-likeness (QED) is 0.703. The minimum absolute atomic E-state index is 0.0916. The second-order valence-electron chi connectivity index (χ2n) is 4.59. The van der Waals surface area contributed by atoms with Crippen LogP contribution in [0.25, 0.3) is 0 Å². The fraction of sp³-hybridized carbons (Fsp3) is 0.571. The van der Waals surface area contributed by atoms with Crippen molar-refractivity contribution in [2.75, 3.05) is 13.7 Å². The molecular weight excluding hydrogens is 305 g/mol. The molecule has 5 heteroatoms. The van der Waals surface area contributed by atoms with Crippen LogP contribution >= 0.6 is 34.8 Å². The Labute approximate surface area is 130 Å². The summed E-state index contributed by atoms with van der Waals surface area (Å²) in [5.41, 5.74) is 0.952. The van der Waals surface area contributed by atoms with Gasteiger partial charge in [-0.3, -0.25) is 0 Å². The maximum Gasteiger partial charge on any atom is 0.0781 e. The molecule has 1 rings (SSSR count). The van der Waals surface area contributed by atoms with Crippen molar-refractivity contribution in [2.24, 2.45) is 0 Å². The molecule has 2 unspecified atom stereocenters. The number of methoxy groups -OCH3 is 1. The Morgan fingerprint density at radius 2 is 1.89 bits per heavy atom. The lowest BCUT2D eigenvalue weighted by Gasteiger charge is -2.24. The number of benzene rings is 1. The predicted octanol–water partition coefficient (Wildman–Crippen LogP) is 5.11. The average molecular weight is 325 g/mol. The van der Waals surface area contributed by atoms with Gasteiger partial charge < -0.3 is 10.1 Å². The normalized spacial score (nSPS) is 14.4. The zero-order valence-corrected chi connectivity index (χ0v) is 13.7. The van der Waals surface area contributed by atoms with Crippen molar-refractivity contribution in [2.45, 2.75) is 38.8 Å². The second kappa shape index (κ2) is 8.33. The molecule has 0 heterocycles. The first-order chi connectivity index (χ1) is 9.01. The van der Waals surface area contributed by atoms with Crippen LogP contribution in [0.5, 0.6) is 0 Å². The van der Waals surface area contributed by atoms with E-state index in [-0.39, 0.29) is 6.04 Å². The van der Waals surface area contributed by atoms with E-state index in [1.165, 1.54) is 0 Å². The highest BCUT2D eigenvalue weighted by atomic mass is 35.5. The lowest BCUT2D eigenvalue weighted by Crippen LogP contribution is -2.35. The Kier molecular flexibility index (Phi) is 7.48. The first-order valence-electron chi connectivity index (χ1n) is 6.39. The fourth-order valence-corrected chi connectivity index (χ4v) is 2.79. The molecule has 0 aliphatic heterocycles. The summed E-state index contributed by atoms with van der Waals surface area (Å²) in [4.78, 5) is 0. The Morgan fingerprint density at radius 3 is 2.47 bits per heavy atom. The molecule has 0 saturated carbocycles. The Hall–Kier alpha value is 0.01000. The smallest absolute Gasteiger partial charge is 0.0781 e. The Morgan fingerprint density at radius 1 is 1.21 bits per heavy atom. The van der Waals surface area contributed by atoms with Crippen molar-refractivity contribution >= 4 is 34.8 Å². The molecule has 0 fully saturated rings. The van der Waals surface area contributed by atoms with Crippen LogP contribution in [-0.2, 0) is 4.74 Å². The summed E-state index contributed by atoms with van der Waals surface area (Å²) in [6.45, 7) is 4.89. The predicted molar refractivity (Wildman–Crippen MR) is 83.6 cm³/mol. The molecule has 0 aliphatic carbocycles. The molecule has 0 saturated heterocycles. The fourth-order valence-electron chi connectivity index (χ4n) is 2.08. The van der Waals surface area contributed by atoms with E-state index in [2.05, 4.69) is 19.2 Å². The van der Waals surface area contributed by atoms with Gasteiger partial charge in [0.25, 0.3) is 0 Å². The van der Waals surface area contributed by atoms with Gasteiger partial charge in [-0.1, -0.05) is 54.2 Å². The molecule has 1 aromatic rings. The van der Waals surface area contributed by atoms with E-state index < -0.39 is 0 Å². The Balaban J connectivity index is 2.82. The summed E-state index contributed by atoms with van der Waals surface area (Å²) in [7, 11) is 1.71. The van der Waals surface area contributed by atoms with Crippen molar-refractivity contribution in [1.29, 1.82) is 0 Å². The molecule has 0 amide bonds. The van der Waals surface area contributed by atoms with Gasteiger partial charge in [0.2, 0.25) is 0 Å². The van der Waals surface area contributed by atoms with Crippen molar-refractivity contribution in [1.82, 2.24) is 5.32 Å². The van der Waals surface area contributed by atoms with Gasteiger partial charge in [-0.25, -0.2) is 0 Å². The lowest BCUT2D eigenvalue weighted by molar-refractivity contribution is 0.157. The highest BCUT2D eigenvalue weighted by Gasteiger charge is 2.17. The summed E-state index contributed by atoms with van der Waals surface area (Å²) in [5.74, 6) is 0. The average Bonchev–Trinajstić information content (AvgIpc) is 2.36. The minimum Gasteiger partial charge on any atom is -0.383 e. The first kappa shape index (κ1) is 17.1. The number of hydrogen-bond acceptors (Lipinski definition) is 2. The van der Waals surface area contributed by atoms with Gasteiger partial charge in [0, 0.05) is 19.2 Å². The number of halogens is 3. The summed E-state index contributed by atoms with van der Waals surface area (Å²) in [5, 5.41) is 4.91. The van der Waals surface area contributed by atoms with E-state index in [1.807, 2.05) is 6.07 Å². The van der Waals surface area contributed by atoms with Crippen LogP contribution in [0.15, 0.2) is 12.1 Å². The van der Waals surface area contributed by atoms with Crippen molar-refractivity contribution in [3.63, 3.8) is 0 Å². The van der Waals surface area contributed by atoms with Gasteiger partial charge in [0.15, 0.2) is 0 Å². The van der Waals surface area contributed by atoms with Crippen LogP contribution in [0, 0.1) is 0 Å². The molecule has 2 nitrogen and oxygen atoms in total. The molecule has 0 bridgehead atoms. The van der Waals surface area contributed by atoms with Crippen LogP contribution in [0.4, 0.5) is 0 Å². The summed E-state index contributed by atoms with van der Waals surface area (Å²) in [6.07, 6.45) is 2.15. The third-order valence-corrected chi connectivity index (χ3v) is 4.33. The SMILES string of the molecule is CCCC(COC)NC(C)c1ccc(Cl)c(Cl)c1Cl. The van der Waals surface area contributed by atoms with Gasteiger partial charge in [0.1, 0.15) is 0 Å². The van der Waals surface area contributed by atoms with Gasteiger partial charge in [0.05, 0.1) is 21.7 Å². The van der Waals surface area contributed by atoms with Crippen LogP contribution in [0.3, 0.4) is 0 Å². The van der Waals surface area contributed by atoms with E-state index in [9.17, 15) is 0 Å². The minimum atomic E-state index is 0.0916. The third kappa shape index (κ3) is 4.80. The molecular formula is C14H20Cl3NO. The number of ether oxygens (including phenoxy) is 1. The van der Waals surface area contributed by atoms with Crippen LogP contribution in [0.2, 0.25) is 15.1 Å². The van der Waals surface area contributed by atoms with E-state index in [1.54, 1.807) is 13.2 Å². The standard InChI is InChI=1S/C14H20Cl3NO/c1-4-5-10(8-19-3)18-9(2)11-6-7-12(15)14(17)13(11)16/h6-7,9-10,18H,4-5,8H2,1-3H3. The van der Waals surface area contributed by atoms with Gasteiger partial charge in [-0.2, -0.15) is 0 Å². The highest BCUT2D eigenvalue weighted by molar-refractivity contribution is 6.48. The molecule has 1 N–H and O–H groups in total. The van der Waals surface area contributed by atoms with E-state index >= 15 is 0 Å². The van der Waals surface area contributed by atoms with Gasteiger partial charge >= 0.3 is 0 Å². The molecule has 108 valence electrons. The molecule has 2 atom stereocenters. The second-order valence-corrected chi connectivity index (χ2v) is 5.76. The topological polar surface area (TPSA) is 21.3 Å². The third-order valence-electron chi connectivity index (χ3n) is 3.02. The van der Waals surface area contributed by atoms with Crippen molar-refractivity contribution in [3.05, 3.63) is 32.8 Å². The molecule has 0 aliphatic rings. The van der Waals surface area contributed by atoms with E-state index in [0.717, 1.165) is 18.4 Å². The van der Waals surface area contributed by atoms with Gasteiger partial charge in [-0.05, 0) is 25.0 Å². The Bertz CT molecular complexity index is 406. The molecule has 0 aromatic heterocycles.